The Balaban J connectivity index is 1.52. The molecule has 0 atom stereocenters. The first kappa shape index (κ1) is 17.5. The lowest BCUT2D eigenvalue weighted by Crippen LogP contribution is -2.01. The highest BCUT2D eigenvalue weighted by molar-refractivity contribution is 5.64. The number of nitrogens with one attached hydrogen (secondary N) is 2. The fourth-order valence-corrected chi connectivity index (χ4v) is 2.67. The fraction of sp³-hybridized carbons (Fsp3) is 0.0435. The molecule has 0 aliphatic rings. The second-order valence-electron chi connectivity index (χ2n) is 6.29. The number of para-hydroxylation sites is 3. The van der Waals surface area contributed by atoms with Crippen molar-refractivity contribution in [3.8, 4) is 11.5 Å². The molecule has 4 aromatic rings. The van der Waals surface area contributed by atoms with Gasteiger partial charge in [-0.25, -0.2) is 4.98 Å². The third-order valence-electron chi connectivity index (χ3n) is 4.08. The Morgan fingerprint density at radius 3 is 2.32 bits per heavy atom. The van der Waals surface area contributed by atoms with Crippen molar-refractivity contribution in [1.82, 2.24) is 9.97 Å². The molecule has 0 saturated heterocycles. The quantitative estimate of drug-likeness (QED) is 0.433. The lowest BCUT2D eigenvalue weighted by Gasteiger charge is -2.13. The Kier molecular flexibility index (Phi) is 5.15. The van der Waals surface area contributed by atoms with Crippen LogP contribution >= 0.6 is 0 Å². The predicted molar refractivity (Wildman–Crippen MR) is 113 cm³/mol. The highest BCUT2D eigenvalue weighted by Crippen LogP contribution is 2.30. The molecule has 5 nitrogen and oxygen atoms in total. The van der Waals surface area contributed by atoms with Crippen LogP contribution < -0.4 is 15.4 Å². The molecule has 0 saturated carbocycles. The molecule has 1 aromatic heterocycles. The van der Waals surface area contributed by atoms with Crippen molar-refractivity contribution >= 4 is 23.1 Å². The van der Waals surface area contributed by atoms with E-state index in [0.717, 1.165) is 17.1 Å². The van der Waals surface area contributed by atoms with Crippen molar-refractivity contribution in [3.63, 3.8) is 0 Å². The molecular weight excluding hydrogens is 348 g/mol. The van der Waals surface area contributed by atoms with Crippen LogP contribution in [0.5, 0.6) is 11.5 Å². The van der Waals surface area contributed by atoms with Gasteiger partial charge in [-0.2, -0.15) is 4.98 Å². The van der Waals surface area contributed by atoms with Gasteiger partial charge >= 0.3 is 0 Å². The number of ether oxygens (including phenoxy) is 1. The van der Waals surface area contributed by atoms with Crippen molar-refractivity contribution < 1.29 is 4.74 Å². The van der Waals surface area contributed by atoms with Crippen LogP contribution in [0.25, 0.3) is 0 Å². The molecule has 3 aromatic carbocycles. The number of rotatable bonds is 6. The molecule has 0 fully saturated rings. The van der Waals surface area contributed by atoms with E-state index in [2.05, 4.69) is 39.7 Å². The Morgan fingerprint density at radius 2 is 1.50 bits per heavy atom. The number of benzene rings is 3. The lowest BCUT2D eigenvalue weighted by molar-refractivity contribution is 0.485. The van der Waals surface area contributed by atoms with E-state index in [1.807, 2.05) is 72.8 Å². The molecule has 0 spiro atoms. The van der Waals surface area contributed by atoms with Gasteiger partial charge in [0.05, 0.1) is 5.69 Å². The van der Waals surface area contributed by atoms with E-state index < -0.39 is 0 Å². The maximum absolute atomic E-state index is 5.99. The van der Waals surface area contributed by atoms with E-state index in [9.17, 15) is 0 Å². The number of aryl methyl sites for hydroxylation is 1. The van der Waals surface area contributed by atoms with Gasteiger partial charge in [0, 0.05) is 11.9 Å². The zero-order valence-electron chi connectivity index (χ0n) is 15.5. The fourth-order valence-electron chi connectivity index (χ4n) is 2.67. The SMILES string of the molecule is Cc1ccc(Nc2ccnc(Nc3ccccc3Oc3ccccc3)n2)cc1. The number of aromatic nitrogens is 2. The molecule has 0 radical (unpaired) electrons. The second-order valence-corrected chi connectivity index (χ2v) is 6.29. The van der Waals surface area contributed by atoms with Gasteiger partial charge in [0.1, 0.15) is 11.6 Å². The second kappa shape index (κ2) is 8.22. The Labute approximate surface area is 164 Å². The first-order valence-corrected chi connectivity index (χ1v) is 9.02. The van der Waals surface area contributed by atoms with E-state index in [1.54, 1.807) is 6.20 Å². The van der Waals surface area contributed by atoms with Crippen LogP contribution in [0.4, 0.5) is 23.1 Å². The van der Waals surface area contributed by atoms with E-state index in [-0.39, 0.29) is 0 Å². The molecule has 1 heterocycles. The third kappa shape index (κ3) is 4.45. The molecular formula is C23H20N4O. The third-order valence-corrected chi connectivity index (χ3v) is 4.08. The highest BCUT2D eigenvalue weighted by atomic mass is 16.5. The van der Waals surface area contributed by atoms with Crippen molar-refractivity contribution in [2.45, 2.75) is 6.92 Å². The minimum Gasteiger partial charge on any atom is -0.455 e. The minimum absolute atomic E-state index is 0.487. The molecule has 4 rings (SSSR count). The number of anilines is 4. The summed E-state index contributed by atoms with van der Waals surface area (Å²) in [5.41, 5.74) is 2.98. The lowest BCUT2D eigenvalue weighted by atomic mass is 10.2. The molecule has 0 amide bonds. The van der Waals surface area contributed by atoms with E-state index >= 15 is 0 Å². The average Bonchev–Trinajstić information content (AvgIpc) is 2.72. The van der Waals surface area contributed by atoms with E-state index in [0.29, 0.717) is 17.5 Å². The Bertz CT molecular complexity index is 1050. The summed E-state index contributed by atoms with van der Waals surface area (Å²) in [5.74, 6) is 2.67. The molecule has 28 heavy (non-hydrogen) atoms. The number of hydrogen-bond acceptors (Lipinski definition) is 5. The van der Waals surface area contributed by atoms with Gasteiger partial charge in [-0.3, -0.25) is 0 Å². The molecule has 0 bridgehead atoms. The molecule has 5 heteroatoms. The zero-order valence-corrected chi connectivity index (χ0v) is 15.5. The van der Waals surface area contributed by atoms with E-state index in [1.165, 1.54) is 5.56 Å². The molecule has 2 N–H and O–H groups in total. The number of nitrogens with zero attached hydrogens (tertiary/aromatic N) is 2. The Morgan fingerprint density at radius 1 is 0.750 bits per heavy atom. The summed E-state index contributed by atoms with van der Waals surface area (Å²) in [4.78, 5) is 8.87. The topological polar surface area (TPSA) is 59.1 Å². The minimum atomic E-state index is 0.487. The molecule has 0 aliphatic heterocycles. The van der Waals surface area contributed by atoms with Crippen molar-refractivity contribution in [2.75, 3.05) is 10.6 Å². The summed E-state index contributed by atoms with van der Waals surface area (Å²) in [5, 5.41) is 6.53. The summed E-state index contributed by atoms with van der Waals surface area (Å²) in [6.45, 7) is 2.06. The van der Waals surface area contributed by atoms with Crippen LogP contribution in [0.1, 0.15) is 5.56 Å². The Hall–Kier alpha value is -3.86. The van der Waals surface area contributed by atoms with Crippen LogP contribution in [0.2, 0.25) is 0 Å². The molecule has 0 unspecified atom stereocenters. The number of hydrogen-bond donors (Lipinski definition) is 2. The van der Waals surface area contributed by atoms with Gasteiger partial charge < -0.3 is 15.4 Å². The van der Waals surface area contributed by atoms with Crippen molar-refractivity contribution in [1.29, 1.82) is 0 Å². The first-order chi connectivity index (χ1) is 13.8. The van der Waals surface area contributed by atoms with E-state index in [4.69, 9.17) is 4.74 Å². The van der Waals surface area contributed by atoms with Gasteiger partial charge in [0.15, 0.2) is 5.75 Å². The zero-order chi connectivity index (χ0) is 19.2. The summed E-state index contributed by atoms with van der Waals surface area (Å²) >= 11 is 0. The van der Waals surface area contributed by atoms with Crippen LogP contribution in [0.15, 0.2) is 91.1 Å². The van der Waals surface area contributed by atoms with Gasteiger partial charge in [0.2, 0.25) is 5.95 Å². The van der Waals surface area contributed by atoms with Crippen LogP contribution in [0, 0.1) is 6.92 Å². The maximum Gasteiger partial charge on any atom is 0.229 e. The van der Waals surface area contributed by atoms with Gasteiger partial charge in [-0.1, -0.05) is 48.0 Å². The summed E-state index contributed by atoms with van der Waals surface area (Å²) in [6.07, 6.45) is 1.71. The highest BCUT2D eigenvalue weighted by Gasteiger charge is 2.07. The first-order valence-electron chi connectivity index (χ1n) is 9.02. The van der Waals surface area contributed by atoms with Gasteiger partial charge in [0.25, 0.3) is 0 Å². The standard InChI is InChI=1S/C23H20N4O/c1-17-11-13-18(14-12-17)25-22-15-16-24-23(27-22)26-20-9-5-6-10-21(20)28-19-7-3-2-4-8-19/h2-16H,1H3,(H2,24,25,26,27). The largest absolute Gasteiger partial charge is 0.455 e. The molecule has 138 valence electrons. The van der Waals surface area contributed by atoms with Gasteiger partial charge in [-0.05, 0) is 49.4 Å². The van der Waals surface area contributed by atoms with Crippen molar-refractivity contribution in [2.24, 2.45) is 0 Å². The normalized spacial score (nSPS) is 10.3. The maximum atomic E-state index is 5.99. The summed E-state index contributed by atoms with van der Waals surface area (Å²) in [7, 11) is 0. The van der Waals surface area contributed by atoms with Gasteiger partial charge in [-0.15, -0.1) is 0 Å². The molecule has 0 aliphatic carbocycles. The van der Waals surface area contributed by atoms with Crippen LogP contribution in [0.3, 0.4) is 0 Å². The smallest absolute Gasteiger partial charge is 0.229 e. The van der Waals surface area contributed by atoms with Crippen LogP contribution in [-0.2, 0) is 0 Å². The summed E-state index contributed by atoms with van der Waals surface area (Å²) < 4.78 is 5.99. The van der Waals surface area contributed by atoms with Crippen molar-refractivity contribution in [3.05, 3.63) is 96.7 Å². The predicted octanol–water partition coefficient (Wildman–Crippen LogP) is 6.06. The average molecular weight is 368 g/mol. The van der Waals surface area contributed by atoms with Crippen LogP contribution in [-0.4, -0.2) is 9.97 Å². The monoisotopic (exact) mass is 368 g/mol. The summed E-state index contributed by atoms with van der Waals surface area (Å²) in [6, 6.07) is 27.4.